The van der Waals surface area contributed by atoms with E-state index in [-0.39, 0.29) is 0 Å². The van der Waals surface area contributed by atoms with Gasteiger partial charge in [0.1, 0.15) is 11.6 Å². The molecular weight excluding hydrogens is 408 g/mol. The molecule has 5 nitrogen and oxygen atoms in total. The standard InChI is InChI=1S/C17H31NO.C11H13N3/c1-14-7-9-16(10-8-14)13-18-17(19)12-11-15-5-3-2-4-6-15;1-8-12-10-7-5-4-6-9(10)11(13-8)14(2)3/h14-16H,2-13H2,1H3,(H,18,19);4-7H,1-3H3. The van der Waals surface area contributed by atoms with E-state index in [1.807, 2.05) is 50.2 Å². The molecule has 33 heavy (non-hydrogen) atoms. The van der Waals surface area contributed by atoms with Crippen molar-refractivity contribution in [2.75, 3.05) is 25.5 Å². The van der Waals surface area contributed by atoms with Crippen LogP contribution in [0.5, 0.6) is 0 Å². The van der Waals surface area contributed by atoms with Crippen molar-refractivity contribution in [1.29, 1.82) is 0 Å². The van der Waals surface area contributed by atoms with Gasteiger partial charge in [-0.3, -0.25) is 4.79 Å². The highest BCUT2D eigenvalue weighted by Crippen LogP contribution is 2.29. The predicted octanol–water partition coefficient (Wildman–Crippen LogP) is 6.29. The van der Waals surface area contributed by atoms with Crippen LogP contribution in [0.4, 0.5) is 5.82 Å². The van der Waals surface area contributed by atoms with Gasteiger partial charge in [0, 0.05) is 32.4 Å². The van der Waals surface area contributed by atoms with Crippen molar-refractivity contribution in [2.24, 2.45) is 17.8 Å². The van der Waals surface area contributed by atoms with E-state index in [9.17, 15) is 4.79 Å². The minimum atomic E-state index is 0.296. The van der Waals surface area contributed by atoms with E-state index in [0.29, 0.717) is 5.91 Å². The Morgan fingerprint density at radius 1 is 0.970 bits per heavy atom. The average molecular weight is 453 g/mol. The van der Waals surface area contributed by atoms with Gasteiger partial charge < -0.3 is 10.2 Å². The molecule has 5 heteroatoms. The molecule has 1 heterocycles. The number of benzene rings is 1. The van der Waals surface area contributed by atoms with E-state index in [2.05, 4.69) is 22.2 Å². The number of aromatic nitrogens is 2. The molecule has 2 saturated carbocycles. The zero-order valence-corrected chi connectivity index (χ0v) is 21.3. The Labute approximate surface area is 200 Å². The minimum absolute atomic E-state index is 0.296. The lowest BCUT2D eigenvalue weighted by atomic mass is 9.83. The summed E-state index contributed by atoms with van der Waals surface area (Å²) in [4.78, 5) is 22.7. The highest BCUT2D eigenvalue weighted by atomic mass is 16.1. The number of nitrogens with zero attached hydrogens (tertiary/aromatic N) is 3. The number of aryl methyl sites for hydroxylation is 1. The van der Waals surface area contributed by atoms with Crippen LogP contribution in [-0.2, 0) is 4.79 Å². The SMILES string of the molecule is CC1CCC(CNC(=O)CCC2CCCCC2)CC1.Cc1nc(N(C)C)c2ccccc2n1. The summed E-state index contributed by atoms with van der Waals surface area (Å²) in [6.45, 7) is 5.19. The van der Waals surface area contributed by atoms with Gasteiger partial charge >= 0.3 is 0 Å². The number of carbonyl (C=O) groups excluding carboxylic acids is 1. The summed E-state index contributed by atoms with van der Waals surface area (Å²) in [6.07, 6.45) is 14.1. The number of anilines is 1. The van der Waals surface area contributed by atoms with Crippen LogP contribution in [0.15, 0.2) is 24.3 Å². The van der Waals surface area contributed by atoms with Crippen LogP contribution in [0.3, 0.4) is 0 Å². The fraction of sp³-hybridized carbons (Fsp3) is 0.679. The number of nitrogens with one attached hydrogen (secondary N) is 1. The van der Waals surface area contributed by atoms with Gasteiger partial charge in [0.25, 0.3) is 0 Å². The van der Waals surface area contributed by atoms with Gasteiger partial charge in [-0.2, -0.15) is 0 Å². The summed E-state index contributed by atoms with van der Waals surface area (Å²) in [7, 11) is 3.99. The van der Waals surface area contributed by atoms with Gasteiger partial charge in [0.05, 0.1) is 5.52 Å². The van der Waals surface area contributed by atoms with Crippen LogP contribution in [0, 0.1) is 24.7 Å². The zero-order chi connectivity index (χ0) is 23.6. The first kappa shape index (κ1) is 25.5. The Hall–Kier alpha value is -2.17. The Morgan fingerprint density at radius 3 is 2.36 bits per heavy atom. The van der Waals surface area contributed by atoms with Crippen LogP contribution in [0.1, 0.15) is 83.4 Å². The van der Waals surface area contributed by atoms with Crippen molar-refractivity contribution in [3.8, 4) is 0 Å². The molecule has 1 aromatic carbocycles. The second-order valence-electron chi connectivity index (χ2n) is 10.5. The van der Waals surface area contributed by atoms with Crippen LogP contribution >= 0.6 is 0 Å². The lowest BCUT2D eigenvalue weighted by molar-refractivity contribution is -0.121. The summed E-state index contributed by atoms with van der Waals surface area (Å²) in [5.74, 6) is 4.56. The van der Waals surface area contributed by atoms with Crippen LogP contribution in [-0.4, -0.2) is 36.5 Å². The van der Waals surface area contributed by atoms with Crippen molar-refractivity contribution < 1.29 is 4.79 Å². The largest absolute Gasteiger partial charge is 0.362 e. The third kappa shape index (κ3) is 8.28. The zero-order valence-electron chi connectivity index (χ0n) is 21.3. The lowest BCUT2D eigenvalue weighted by Gasteiger charge is -2.26. The van der Waals surface area contributed by atoms with Gasteiger partial charge in [-0.15, -0.1) is 0 Å². The van der Waals surface area contributed by atoms with Gasteiger partial charge in [-0.05, 0) is 56.1 Å². The molecular formula is C28H44N4O. The van der Waals surface area contributed by atoms with E-state index in [1.165, 1.54) is 57.8 Å². The molecule has 182 valence electrons. The Bertz CT molecular complexity index is 867. The van der Waals surface area contributed by atoms with Crippen molar-refractivity contribution in [2.45, 2.75) is 84.5 Å². The molecule has 0 atom stereocenters. The fourth-order valence-corrected chi connectivity index (χ4v) is 5.20. The van der Waals surface area contributed by atoms with Crippen molar-refractivity contribution in [3.63, 3.8) is 0 Å². The Morgan fingerprint density at radius 2 is 1.67 bits per heavy atom. The van der Waals surface area contributed by atoms with Crippen molar-refractivity contribution >= 4 is 22.6 Å². The van der Waals surface area contributed by atoms with Gasteiger partial charge in [0.15, 0.2) is 0 Å². The van der Waals surface area contributed by atoms with E-state index < -0.39 is 0 Å². The molecule has 2 aliphatic carbocycles. The second kappa shape index (κ2) is 12.9. The number of rotatable bonds is 6. The molecule has 0 unspecified atom stereocenters. The normalized spacial score (nSPS) is 21.2. The van der Waals surface area contributed by atoms with Crippen LogP contribution < -0.4 is 10.2 Å². The highest BCUT2D eigenvalue weighted by Gasteiger charge is 2.19. The van der Waals surface area contributed by atoms with Crippen molar-refractivity contribution in [3.05, 3.63) is 30.1 Å². The number of fused-ring (bicyclic) bond motifs is 1. The number of hydrogen-bond donors (Lipinski definition) is 1. The van der Waals surface area contributed by atoms with E-state index in [4.69, 9.17) is 0 Å². The maximum atomic E-state index is 11.9. The molecule has 0 bridgehead atoms. The topological polar surface area (TPSA) is 58.1 Å². The molecule has 2 aromatic rings. The number of carbonyl (C=O) groups is 1. The Balaban J connectivity index is 0.000000194. The first-order valence-corrected chi connectivity index (χ1v) is 13.1. The lowest BCUT2D eigenvalue weighted by Crippen LogP contribution is -2.31. The summed E-state index contributed by atoms with van der Waals surface area (Å²) in [6, 6.07) is 8.06. The first-order chi connectivity index (χ1) is 15.9. The minimum Gasteiger partial charge on any atom is -0.362 e. The second-order valence-corrected chi connectivity index (χ2v) is 10.5. The summed E-state index contributed by atoms with van der Waals surface area (Å²) < 4.78 is 0. The molecule has 2 aliphatic rings. The number of amides is 1. The quantitative estimate of drug-likeness (QED) is 0.559. The first-order valence-electron chi connectivity index (χ1n) is 13.1. The van der Waals surface area contributed by atoms with Gasteiger partial charge in [-0.1, -0.05) is 64.0 Å². The molecule has 0 radical (unpaired) electrons. The van der Waals surface area contributed by atoms with E-state index >= 15 is 0 Å². The smallest absolute Gasteiger partial charge is 0.220 e. The molecule has 1 N–H and O–H groups in total. The predicted molar refractivity (Wildman–Crippen MR) is 139 cm³/mol. The molecule has 2 fully saturated rings. The molecule has 1 amide bonds. The van der Waals surface area contributed by atoms with Gasteiger partial charge in [-0.25, -0.2) is 9.97 Å². The van der Waals surface area contributed by atoms with E-state index in [0.717, 1.165) is 59.7 Å². The maximum absolute atomic E-state index is 11.9. The molecule has 4 rings (SSSR count). The van der Waals surface area contributed by atoms with Crippen molar-refractivity contribution in [1.82, 2.24) is 15.3 Å². The maximum Gasteiger partial charge on any atom is 0.220 e. The van der Waals surface area contributed by atoms with E-state index in [1.54, 1.807) is 0 Å². The molecule has 0 spiro atoms. The van der Waals surface area contributed by atoms with Crippen LogP contribution in [0.2, 0.25) is 0 Å². The van der Waals surface area contributed by atoms with Gasteiger partial charge in [0.2, 0.25) is 5.91 Å². The number of hydrogen-bond acceptors (Lipinski definition) is 4. The third-order valence-corrected chi connectivity index (χ3v) is 7.35. The Kier molecular flexibility index (Phi) is 9.95. The number of para-hydroxylation sites is 1. The average Bonchev–Trinajstić information content (AvgIpc) is 2.83. The third-order valence-electron chi connectivity index (χ3n) is 7.35. The monoisotopic (exact) mass is 452 g/mol. The summed E-state index contributed by atoms with van der Waals surface area (Å²) in [5.41, 5.74) is 1.00. The molecule has 0 aliphatic heterocycles. The molecule has 1 aromatic heterocycles. The fourth-order valence-electron chi connectivity index (χ4n) is 5.20. The van der Waals surface area contributed by atoms with Crippen LogP contribution in [0.25, 0.3) is 10.9 Å². The highest BCUT2D eigenvalue weighted by molar-refractivity contribution is 5.89. The summed E-state index contributed by atoms with van der Waals surface area (Å²) >= 11 is 0. The molecule has 0 saturated heterocycles. The summed E-state index contributed by atoms with van der Waals surface area (Å²) in [5, 5.41) is 4.27.